The summed E-state index contributed by atoms with van der Waals surface area (Å²) < 4.78 is 10.5. The SMILES string of the molecule is CCc1ccc(OCC(=O)NN[C@@H]2CC(=O)N(c3ccc(OC)c(Cl)c3)C2=O)cc1. The molecule has 8 nitrogen and oxygen atoms in total. The van der Waals surface area contributed by atoms with E-state index in [1.165, 1.54) is 18.7 Å². The van der Waals surface area contributed by atoms with E-state index >= 15 is 0 Å². The van der Waals surface area contributed by atoms with E-state index in [2.05, 4.69) is 17.8 Å². The predicted molar refractivity (Wildman–Crippen MR) is 111 cm³/mol. The second-order valence-corrected chi connectivity index (χ2v) is 7.03. The fourth-order valence-electron chi connectivity index (χ4n) is 2.98. The van der Waals surface area contributed by atoms with Crippen LogP contribution in [-0.2, 0) is 20.8 Å². The number of rotatable bonds is 8. The second kappa shape index (κ2) is 9.60. The van der Waals surface area contributed by atoms with Crippen LogP contribution >= 0.6 is 11.6 Å². The molecule has 1 heterocycles. The number of carbonyl (C=O) groups excluding carboxylic acids is 3. The Kier molecular flexibility index (Phi) is 6.91. The third kappa shape index (κ3) is 4.90. The lowest BCUT2D eigenvalue weighted by Gasteiger charge is -2.17. The molecule has 0 spiro atoms. The van der Waals surface area contributed by atoms with E-state index in [1.54, 1.807) is 24.3 Å². The number of benzene rings is 2. The molecule has 1 aliphatic heterocycles. The summed E-state index contributed by atoms with van der Waals surface area (Å²) in [5.41, 5.74) is 6.52. The quantitative estimate of drug-likeness (QED) is 0.491. The van der Waals surface area contributed by atoms with E-state index < -0.39 is 23.8 Å². The van der Waals surface area contributed by atoms with Gasteiger partial charge >= 0.3 is 0 Å². The molecule has 0 aliphatic carbocycles. The van der Waals surface area contributed by atoms with Gasteiger partial charge in [0.15, 0.2) is 6.61 Å². The van der Waals surface area contributed by atoms with Gasteiger partial charge in [0.2, 0.25) is 5.91 Å². The Morgan fingerprint density at radius 1 is 1.20 bits per heavy atom. The van der Waals surface area contributed by atoms with Crippen molar-refractivity contribution in [3.05, 3.63) is 53.1 Å². The van der Waals surface area contributed by atoms with E-state index in [4.69, 9.17) is 21.1 Å². The van der Waals surface area contributed by atoms with Crippen molar-refractivity contribution in [3.8, 4) is 11.5 Å². The summed E-state index contributed by atoms with van der Waals surface area (Å²) in [6, 6.07) is 11.2. The van der Waals surface area contributed by atoms with Crippen molar-refractivity contribution in [3.63, 3.8) is 0 Å². The summed E-state index contributed by atoms with van der Waals surface area (Å²) in [6.45, 7) is 1.82. The second-order valence-electron chi connectivity index (χ2n) is 6.62. The number of halogens is 1. The van der Waals surface area contributed by atoms with Crippen LogP contribution in [0.2, 0.25) is 5.02 Å². The Morgan fingerprint density at radius 3 is 2.57 bits per heavy atom. The van der Waals surface area contributed by atoms with Crippen LogP contribution in [0.3, 0.4) is 0 Å². The molecule has 0 radical (unpaired) electrons. The smallest absolute Gasteiger partial charge is 0.272 e. The minimum Gasteiger partial charge on any atom is -0.495 e. The van der Waals surface area contributed by atoms with Crippen molar-refractivity contribution in [2.24, 2.45) is 0 Å². The average Bonchev–Trinajstić information content (AvgIpc) is 3.04. The fourth-order valence-corrected chi connectivity index (χ4v) is 3.24. The summed E-state index contributed by atoms with van der Waals surface area (Å²) >= 11 is 6.08. The molecule has 9 heteroatoms. The van der Waals surface area contributed by atoms with Crippen molar-refractivity contribution >= 4 is 35.0 Å². The van der Waals surface area contributed by atoms with Gasteiger partial charge in [-0.3, -0.25) is 19.8 Å². The van der Waals surface area contributed by atoms with Crippen LogP contribution in [0, 0.1) is 0 Å². The number of hydrazine groups is 1. The van der Waals surface area contributed by atoms with Crippen molar-refractivity contribution < 1.29 is 23.9 Å². The summed E-state index contributed by atoms with van der Waals surface area (Å²) in [7, 11) is 1.47. The Morgan fingerprint density at radius 2 is 1.93 bits per heavy atom. The molecule has 0 unspecified atom stereocenters. The number of amides is 3. The van der Waals surface area contributed by atoms with E-state index in [0.717, 1.165) is 11.3 Å². The zero-order chi connectivity index (χ0) is 21.7. The molecule has 158 valence electrons. The highest BCUT2D eigenvalue weighted by molar-refractivity contribution is 6.33. The van der Waals surface area contributed by atoms with Crippen LogP contribution in [-0.4, -0.2) is 37.5 Å². The lowest BCUT2D eigenvalue weighted by Crippen LogP contribution is -2.49. The Labute approximate surface area is 179 Å². The number of aryl methyl sites for hydroxylation is 1. The van der Waals surface area contributed by atoms with Crippen LogP contribution in [0.1, 0.15) is 18.9 Å². The maximum Gasteiger partial charge on any atom is 0.272 e. The Balaban J connectivity index is 1.53. The number of carbonyl (C=O) groups is 3. The molecular formula is C21H22ClN3O5. The molecule has 1 aliphatic rings. The minimum atomic E-state index is -0.883. The number of methoxy groups -OCH3 is 1. The van der Waals surface area contributed by atoms with Crippen LogP contribution in [0.5, 0.6) is 11.5 Å². The van der Waals surface area contributed by atoms with Crippen molar-refractivity contribution in [1.82, 2.24) is 10.9 Å². The van der Waals surface area contributed by atoms with Gasteiger partial charge in [0.05, 0.1) is 24.2 Å². The molecule has 0 saturated carbocycles. The number of ether oxygens (including phenoxy) is 2. The number of hydrogen-bond acceptors (Lipinski definition) is 6. The first-order chi connectivity index (χ1) is 14.4. The van der Waals surface area contributed by atoms with Crippen LogP contribution in [0.25, 0.3) is 0 Å². The monoisotopic (exact) mass is 431 g/mol. The highest BCUT2D eigenvalue weighted by Gasteiger charge is 2.40. The Bertz CT molecular complexity index is 948. The molecule has 3 rings (SSSR count). The van der Waals surface area contributed by atoms with Gasteiger partial charge in [-0.1, -0.05) is 30.7 Å². The number of hydrogen-bond donors (Lipinski definition) is 2. The highest BCUT2D eigenvalue weighted by Crippen LogP contribution is 2.31. The van der Waals surface area contributed by atoms with Gasteiger partial charge in [0.1, 0.15) is 17.5 Å². The first-order valence-corrected chi connectivity index (χ1v) is 9.77. The molecule has 30 heavy (non-hydrogen) atoms. The van der Waals surface area contributed by atoms with Gasteiger partial charge in [0.25, 0.3) is 11.8 Å². The van der Waals surface area contributed by atoms with Gasteiger partial charge in [0, 0.05) is 0 Å². The highest BCUT2D eigenvalue weighted by atomic mass is 35.5. The predicted octanol–water partition coefficient (Wildman–Crippen LogP) is 2.24. The van der Waals surface area contributed by atoms with Crippen LogP contribution in [0.4, 0.5) is 5.69 Å². The van der Waals surface area contributed by atoms with E-state index in [9.17, 15) is 14.4 Å². The minimum absolute atomic E-state index is 0.0951. The largest absolute Gasteiger partial charge is 0.495 e. The third-order valence-electron chi connectivity index (χ3n) is 4.63. The van der Waals surface area contributed by atoms with Crippen LogP contribution < -0.4 is 25.2 Å². The van der Waals surface area contributed by atoms with Crippen molar-refractivity contribution in [2.75, 3.05) is 18.6 Å². The molecule has 0 bridgehead atoms. The van der Waals surface area contributed by atoms with Gasteiger partial charge in [-0.25, -0.2) is 10.3 Å². The molecule has 1 saturated heterocycles. The van der Waals surface area contributed by atoms with Gasteiger partial charge in [-0.2, -0.15) is 0 Å². The number of nitrogens with zero attached hydrogens (tertiary/aromatic N) is 1. The van der Waals surface area contributed by atoms with Gasteiger partial charge in [-0.05, 0) is 42.3 Å². The average molecular weight is 432 g/mol. The molecule has 1 atom stereocenters. The summed E-state index contributed by atoms with van der Waals surface area (Å²) in [4.78, 5) is 38.0. The lowest BCUT2D eigenvalue weighted by molar-refractivity contribution is -0.125. The first-order valence-electron chi connectivity index (χ1n) is 9.39. The van der Waals surface area contributed by atoms with E-state index in [1.807, 2.05) is 12.1 Å². The third-order valence-corrected chi connectivity index (χ3v) is 4.92. The van der Waals surface area contributed by atoms with Crippen LogP contribution in [0.15, 0.2) is 42.5 Å². The van der Waals surface area contributed by atoms with Gasteiger partial charge < -0.3 is 9.47 Å². The standard InChI is InChI=1S/C21H22ClN3O5/c1-3-13-4-7-15(8-5-13)30-12-19(26)24-23-17-11-20(27)25(21(17)28)14-6-9-18(29-2)16(22)10-14/h4-10,17,23H,3,11-12H2,1-2H3,(H,24,26)/t17-/m1/s1. The maximum atomic E-state index is 12.6. The molecule has 3 amide bonds. The van der Waals surface area contributed by atoms with Gasteiger partial charge in [-0.15, -0.1) is 0 Å². The number of nitrogens with one attached hydrogen (secondary N) is 2. The fraction of sp³-hybridized carbons (Fsp3) is 0.286. The Hall–Kier alpha value is -3.10. The van der Waals surface area contributed by atoms with Crippen molar-refractivity contribution in [2.45, 2.75) is 25.8 Å². The van der Waals surface area contributed by atoms with E-state index in [0.29, 0.717) is 17.2 Å². The normalized spacial score (nSPS) is 16.0. The molecule has 1 fully saturated rings. The molecular weight excluding hydrogens is 410 g/mol. The molecule has 0 aromatic heterocycles. The van der Waals surface area contributed by atoms with Crippen molar-refractivity contribution in [1.29, 1.82) is 0 Å². The molecule has 2 aromatic carbocycles. The first kappa shape index (κ1) is 21.6. The maximum absolute atomic E-state index is 12.6. The zero-order valence-electron chi connectivity index (χ0n) is 16.6. The summed E-state index contributed by atoms with van der Waals surface area (Å²) in [5.74, 6) is -0.360. The topological polar surface area (TPSA) is 97.0 Å². The van der Waals surface area contributed by atoms with E-state index in [-0.39, 0.29) is 18.1 Å². The summed E-state index contributed by atoms with van der Waals surface area (Å²) in [6.07, 6.45) is 0.820. The number of anilines is 1. The zero-order valence-corrected chi connectivity index (χ0v) is 17.4. The number of imide groups is 1. The molecule has 2 N–H and O–H groups in total. The lowest BCUT2D eigenvalue weighted by atomic mass is 10.2. The summed E-state index contributed by atoms with van der Waals surface area (Å²) in [5, 5.41) is 0.282. The molecule has 2 aromatic rings.